The molecular weight excluding hydrogens is 400 g/mol. The number of hydrogen-bond donors (Lipinski definition) is 2. The summed E-state index contributed by atoms with van der Waals surface area (Å²) in [6, 6.07) is 20.7. The van der Waals surface area contributed by atoms with Crippen molar-refractivity contribution in [1.82, 2.24) is 14.9 Å². The molecule has 0 radical (unpaired) electrons. The minimum atomic E-state index is -0.239. The molecule has 1 unspecified atom stereocenters. The van der Waals surface area contributed by atoms with E-state index in [-0.39, 0.29) is 24.4 Å². The van der Waals surface area contributed by atoms with Crippen LogP contribution in [0.4, 0.5) is 5.69 Å². The number of fused-ring (bicyclic) bond motifs is 1. The molecule has 162 valence electrons. The van der Waals surface area contributed by atoms with E-state index < -0.39 is 0 Å². The summed E-state index contributed by atoms with van der Waals surface area (Å²) in [4.78, 5) is 30.1. The molecule has 4 aromatic rings. The first-order valence-electron chi connectivity index (χ1n) is 10.6. The van der Waals surface area contributed by atoms with Crippen molar-refractivity contribution in [3.05, 3.63) is 95.3 Å². The number of para-hydroxylation sites is 1. The SMILES string of the molecule is Cc1cc2ncn(CC(=O)Nc3ccccc3C(=O)NC(C)c3ccccc3)c2cc1C. The van der Waals surface area contributed by atoms with E-state index in [1.54, 1.807) is 30.6 Å². The Morgan fingerprint density at radius 1 is 0.969 bits per heavy atom. The molecule has 2 N–H and O–H groups in total. The Morgan fingerprint density at radius 2 is 1.66 bits per heavy atom. The molecule has 6 heteroatoms. The van der Waals surface area contributed by atoms with Crippen LogP contribution in [0.3, 0.4) is 0 Å². The van der Waals surface area contributed by atoms with Gasteiger partial charge >= 0.3 is 0 Å². The largest absolute Gasteiger partial charge is 0.345 e. The number of aryl methyl sites for hydroxylation is 2. The summed E-state index contributed by atoms with van der Waals surface area (Å²) in [7, 11) is 0. The van der Waals surface area contributed by atoms with Gasteiger partial charge in [-0.15, -0.1) is 0 Å². The highest BCUT2D eigenvalue weighted by molar-refractivity contribution is 6.04. The first-order chi connectivity index (χ1) is 15.4. The van der Waals surface area contributed by atoms with Crippen molar-refractivity contribution in [3.63, 3.8) is 0 Å². The number of imidazole rings is 1. The van der Waals surface area contributed by atoms with E-state index in [4.69, 9.17) is 0 Å². The van der Waals surface area contributed by atoms with Crippen LogP contribution in [-0.4, -0.2) is 21.4 Å². The summed E-state index contributed by atoms with van der Waals surface area (Å²) in [5.41, 5.74) is 5.99. The zero-order valence-corrected chi connectivity index (χ0v) is 18.4. The lowest BCUT2D eigenvalue weighted by Crippen LogP contribution is -2.28. The smallest absolute Gasteiger partial charge is 0.253 e. The molecule has 2 amide bonds. The molecule has 0 fully saturated rings. The van der Waals surface area contributed by atoms with Crippen LogP contribution in [0, 0.1) is 13.8 Å². The maximum Gasteiger partial charge on any atom is 0.253 e. The molecule has 1 aromatic heterocycles. The van der Waals surface area contributed by atoms with E-state index in [9.17, 15) is 9.59 Å². The number of nitrogens with one attached hydrogen (secondary N) is 2. The van der Waals surface area contributed by atoms with Gasteiger partial charge in [-0.3, -0.25) is 9.59 Å². The molecule has 4 rings (SSSR count). The monoisotopic (exact) mass is 426 g/mol. The van der Waals surface area contributed by atoms with Crippen molar-refractivity contribution in [1.29, 1.82) is 0 Å². The van der Waals surface area contributed by atoms with Crippen molar-refractivity contribution in [2.45, 2.75) is 33.4 Å². The van der Waals surface area contributed by atoms with E-state index in [1.807, 2.05) is 67.8 Å². The Labute approximate surface area is 187 Å². The van der Waals surface area contributed by atoms with Gasteiger partial charge in [0.25, 0.3) is 5.91 Å². The summed E-state index contributed by atoms with van der Waals surface area (Å²) in [5, 5.41) is 5.89. The molecule has 0 aliphatic heterocycles. The highest BCUT2D eigenvalue weighted by Gasteiger charge is 2.16. The third-order valence-corrected chi connectivity index (χ3v) is 5.64. The second-order valence-electron chi connectivity index (χ2n) is 8.00. The summed E-state index contributed by atoms with van der Waals surface area (Å²) in [6.45, 7) is 6.12. The van der Waals surface area contributed by atoms with Gasteiger partial charge in [0.15, 0.2) is 0 Å². The minimum absolute atomic E-state index is 0.107. The molecule has 32 heavy (non-hydrogen) atoms. The highest BCUT2D eigenvalue weighted by atomic mass is 16.2. The van der Waals surface area contributed by atoms with Crippen molar-refractivity contribution in [2.24, 2.45) is 0 Å². The number of rotatable bonds is 6. The lowest BCUT2D eigenvalue weighted by Gasteiger charge is -2.16. The zero-order chi connectivity index (χ0) is 22.7. The van der Waals surface area contributed by atoms with E-state index >= 15 is 0 Å². The molecule has 6 nitrogen and oxygen atoms in total. The van der Waals surface area contributed by atoms with Crippen LogP contribution in [0.1, 0.15) is 40.0 Å². The van der Waals surface area contributed by atoms with E-state index in [1.165, 1.54) is 0 Å². The topological polar surface area (TPSA) is 76.0 Å². The third kappa shape index (κ3) is 4.54. The lowest BCUT2D eigenvalue weighted by atomic mass is 10.1. The summed E-state index contributed by atoms with van der Waals surface area (Å²) < 4.78 is 1.82. The Bertz CT molecular complexity index is 1280. The number of hydrogen-bond acceptors (Lipinski definition) is 3. The first kappa shape index (κ1) is 21.3. The predicted octanol–water partition coefficient (Wildman–Crippen LogP) is 4.78. The number of nitrogens with zero attached hydrogens (tertiary/aromatic N) is 2. The number of benzene rings is 3. The van der Waals surface area contributed by atoms with E-state index in [2.05, 4.69) is 15.6 Å². The van der Waals surface area contributed by atoms with Crippen LogP contribution < -0.4 is 10.6 Å². The fourth-order valence-electron chi connectivity index (χ4n) is 3.67. The average molecular weight is 427 g/mol. The Morgan fingerprint density at radius 3 is 2.44 bits per heavy atom. The fourth-order valence-corrected chi connectivity index (χ4v) is 3.67. The van der Waals surface area contributed by atoms with Crippen LogP contribution in [0.2, 0.25) is 0 Å². The minimum Gasteiger partial charge on any atom is -0.345 e. The second-order valence-corrected chi connectivity index (χ2v) is 8.00. The van der Waals surface area contributed by atoms with Gasteiger partial charge in [0.1, 0.15) is 6.54 Å². The Hall–Kier alpha value is -3.93. The van der Waals surface area contributed by atoms with Gasteiger partial charge in [0.05, 0.1) is 34.7 Å². The van der Waals surface area contributed by atoms with E-state index in [0.29, 0.717) is 11.3 Å². The van der Waals surface area contributed by atoms with Crippen LogP contribution in [0.25, 0.3) is 11.0 Å². The summed E-state index contributed by atoms with van der Waals surface area (Å²) >= 11 is 0. The molecule has 1 atom stereocenters. The first-order valence-corrected chi connectivity index (χ1v) is 10.6. The van der Waals surface area contributed by atoms with Gasteiger partial charge in [-0.05, 0) is 61.7 Å². The van der Waals surface area contributed by atoms with Gasteiger partial charge in [0.2, 0.25) is 5.91 Å². The van der Waals surface area contributed by atoms with Crippen LogP contribution >= 0.6 is 0 Å². The summed E-state index contributed by atoms with van der Waals surface area (Å²) in [6.07, 6.45) is 1.67. The third-order valence-electron chi connectivity index (χ3n) is 5.64. The maximum absolute atomic E-state index is 12.9. The Balaban J connectivity index is 1.49. The van der Waals surface area contributed by atoms with Crippen LogP contribution in [-0.2, 0) is 11.3 Å². The van der Waals surface area contributed by atoms with Crippen molar-refractivity contribution in [2.75, 3.05) is 5.32 Å². The molecule has 0 aliphatic rings. The number of amides is 2. The number of anilines is 1. The number of carbonyl (C=O) groups is 2. The standard InChI is InChI=1S/C26H26N4O2/c1-17-13-23-24(14-18(17)2)30(16-27-23)15-25(31)29-22-12-8-7-11-21(22)26(32)28-19(3)20-9-5-4-6-10-20/h4-14,16,19H,15H2,1-3H3,(H,28,32)(H,29,31). The van der Waals surface area contributed by atoms with Gasteiger partial charge in [0, 0.05) is 0 Å². The van der Waals surface area contributed by atoms with Gasteiger partial charge < -0.3 is 15.2 Å². The molecule has 0 saturated heterocycles. The molecule has 0 saturated carbocycles. The normalized spacial score (nSPS) is 11.8. The summed E-state index contributed by atoms with van der Waals surface area (Å²) in [5.74, 6) is -0.463. The predicted molar refractivity (Wildman–Crippen MR) is 127 cm³/mol. The van der Waals surface area contributed by atoms with Gasteiger partial charge in [-0.25, -0.2) is 4.98 Å². The molecular formula is C26H26N4O2. The number of carbonyl (C=O) groups excluding carboxylic acids is 2. The maximum atomic E-state index is 12.9. The van der Waals surface area contributed by atoms with Crippen molar-refractivity contribution in [3.8, 4) is 0 Å². The lowest BCUT2D eigenvalue weighted by molar-refractivity contribution is -0.116. The molecule has 0 aliphatic carbocycles. The zero-order valence-electron chi connectivity index (χ0n) is 18.4. The van der Waals surface area contributed by atoms with Crippen LogP contribution in [0.5, 0.6) is 0 Å². The Kier molecular flexibility index (Phi) is 6.03. The highest BCUT2D eigenvalue weighted by Crippen LogP contribution is 2.20. The molecule has 1 heterocycles. The van der Waals surface area contributed by atoms with Crippen molar-refractivity contribution >= 4 is 28.5 Å². The molecule has 0 spiro atoms. The fraction of sp³-hybridized carbons (Fsp3) is 0.192. The molecule has 0 bridgehead atoms. The quantitative estimate of drug-likeness (QED) is 0.466. The van der Waals surface area contributed by atoms with Gasteiger partial charge in [-0.2, -0.15) is 0 Å². The second kappa shape index (κ2) is 9.06. The number of aromatic nitrogens is 2. The van der Waals surface area contributed by atoms with Crippen molar-refractivity contribution < 1.29 is 9.59 Å². The van der Waals surface area contributed by atoms with E-state index in [0.717, 1.165) is 27.7 Å². The average Bonchev–Trinajstić information content (AvgIpc) is 3.16. The molecule has 3 aromatic carbocycles. The van der Waals surface area contributed by atoms with Crippen LogP contribution in [0.15, 0.2) is 73.1 Å². The van der Waals surface area contributed by atoms with Gasteiger partial charge in [-0.1, -0.05) is 42.5 Å².